The first-order chi connectivity index (χ1) is 4.16. The summed E-state index contributed by atoms with van der Waals surface area (Å²) < 4.78 is 0. The maximum absolute atomic E-state index is 10.5. The fourth-order valence-electron chi connectivity index (χ4n) is 0.390. The van der Waals surface area contributed by atoms with E-state index in [1.165, 1.54) is 0 Å². The van der Waals surface area contributed by atoms with Crippen molar-refractivity contribution in [2.45, 2.75) is 19.9 Å². The molecule has 0 atom stereocenters. The SMILES string of the molecule is CC(C)NCC(=O)CN. The van der Waals surface area contributed by atoms with Gasteiger partial charge >= 0.3 is 0 Å². The standard InChI is InChI=1S/C6H14N2O/c1-5(2)8-4-6(9)3-7/h5,8H,3-4,7H2,1-2H3. The van der Waals surface area contributed by atoms with E-state index < -0.39 is 0 Å². The molecule has 3 heteroatoms. The minimum Gasteiger partial charge on any atom is -0.324 e. The van der Waals surface area contributed by atoms with Gasteiger partial charge in [-0.1, -0.05) is 13.8 Å². The van der Waals surface area contributed by atoms with Crippen molar-refractivity contribution < 1.29 is 4.79 Å². The molecule has 0 heterocycles. The van der Waals surface area contributed by atoms with Crippen LogP contribution in [0.5, 0.6) is 0 Å². The zero-order valence-corrected chi connectivity index (χ0v) is 5.98. The molecule has 0 aliphatic heterocycles. The summed E-state index contributed by atoms with van der Waals surface area (Å²) in [7, 11) is 0. The second-order valence-electron chi connectivity index (χ2n) is 2.28. The number of hydrogen-bond acceptors (Lipinski definition) is 3. The van der Waals surface area contributed by atoms with Crippen molar-refractivity contribution in [3.05, 3.63) is 0 Å². The number of nitrogens with one attached hydrogen (secondary N) is 1. The molecule has 0 aromatic rings. The predicted octanol–water partition coefficient (Wildman–Crippen LogP) is -0.488. The minimum atomic E-state index is 0.0590. The molecule has 54 valence electrons. The molecule has 0 fully saturated rings. The third-order valence-electron chi connectivity index (χ3n) is 0.935. The van der Waals surface area contributed by atoms with Gasteiger partial charge in [0.1, 0.15) is 0 Å². The molecule has 3 nitrogen and oxygen atoms in total. The van der Waals surface area contributed by atoms with Crippen LogP contribution in [0.4, 0.5) is 0 Å². The lowest BCUT2D eigenvalue weighted by molar-refractivity contribution is -0.117. The molecule has 9 heavy (non-hydrogen) atoms. The molecule has 0 aliphatic rings. The Balaban J connectivity index is 3.17. The van der Waals surface area contributed by atoms with Crippen LogP contribution in [-0.2, 0) is 4.79 Å². The van der Waals surface area contributed by atoms with E-state index in [4.69, 9.17) is 5.73 Å². The van der Waals surface area contributed by atoms with Gasteiger partial charge < -0.3 is 11.1 Å². The Morgan fingerprint density at radius 3 is 2.56 bits per heavy atom. The van der Waals surface area contributed by atoms with Crippen LogP contribution in [0.3, 0.4) is 0 Å². The third-order valence-corrected chi connectivity index (χ3v) is 0.935. The molecule has 0 spiro atoms. The lowest BCUT2D eigenvalue weighted by Crippen LogP contribution is -2.32. The minimum absolute atomic E-state index is 0.0590. The molecule has 0 aromatic carbocycles. The van der Waals surface area contributed by atoms with E-state index >= 15 is 0 Å². The molecule has 0 bridgehead atoms. The van der Waals surface area contributed by atoms with E-state index in [9.17, 15) is 4.79 Å². The topological polar surface area (TPSA) is 55.1 Å². The van der Waals surface area contributed by atoms with Gasteiger partial charge in [0.15, 0.2) is 5.78 Å². The van der Waals surface area contributed by atoms with Gasteiger partial charge in [0.25, 0.3) is 0 Å². The summed E-state index contributed by atoms with van der Waals surface area (Å²) in [6.45, 7) is 4.52. The van der Waals surface area contributed by atoms with Crippen LogP contribution in [0.25, 0.3) is 0 Å². The maximum Gasteiger partial charge on any atom is 0.160 e. The van der Waals surface area contributed by atoms with Gasteiger partial charge in [-0.05, 0) is 0 Å². The van der Waals surface area contributed by atoms with Gasteiger partial charge in [-0.2, -0.15) is 0 Å². The van der Waals surface area contributed by atoms with Crippen LogP contribution in [0.1, 0.15) is 13.8 Å². The lowest BCUT2D eigenvalue weighted by atomic mass is 10.3. The fraction of sp³-hybridized carbons (Fsp3) is 0.833. The summed E-state index contributed by atoms with van der Waals surface area (Å²) in [5.41, 5.74) is 5.07. The van der Waals surface area contributed by atoms with Crippen LogP contribution >= 0.6 is 0 Å². The normalized spacial score (nSPS) is 10.2. The van der Waals surface area contributed by atoms with E-state index in [0.29, 0.717) is 12.6 Å². The largest absolute Gasteiger partial charge is 0.324 e. The number of hydrogen-bond donors (Lipinski definition) is 2. The van der Waals surface area contributed by atoms with E-state index in [1.54, 1.807) is 0 Å². The molecule has 0 saturated carbocycles. The molecule has 0 saturated heterocycles. The number of carbonyl (C=O) groups excluding carboxylic acids is 1. The molecular formula is C6H14N2O. The lowest BCUT2D eigenvalue weighted by Gasteiger charge is -2.04. The van der Waals surface area contributed by atoms with Gasteiger partial charge in [-0.25, -0.2) is 0 Å². The van der Waals surface area contributed by atoms with E-state index in [0.717, 1.165) is 0 Å². The van der Waals surface area contributed by atoms with Crippen LogP contribution in [0.15, 0.2) is 0 Å². The molecule has 0 rings (SSSR count). The van der Waals surface area contributed by atoms with Crippen LogP contribution in [-0.4, -0.2) is 24.9 Å². The first-order valence-electron chi connectivity index (χ1n) is 3.12. The average Bonchev–Trinajstić information content (AvgIpc) is 1.83. The summed E-state index contributed by atoms with van der Waals surface area (Å²) in [5.74, 6) is 0.0590. The first-order valence-corrected chi connectivity index (χ1v) is 3.12. The summed E-state index contributed by atoms with van der Waals surface area (Å²) in [6, 6.07) is 0.362. The van der Waals surface area contributed by atoms with Gasteiger partial charge in [-0.15, -0.1) is 0 Å². The molecule has 3 N–H and O–H groups in total. The Morgan fingerprint density at radius 1 is 1.67 bits per heavy atom. The second-order valence-corrected chi connectivity index (χ2v) is 2.28. The van der Waals surface area contributed by atoms with Crippen molar-refractivity contribution in [1.29, 1.82) is 0 Å². The monoisotopic (exact) mass is 130 g/mol. The predicted molar refractivity (Wildman–Crippen MR) is 37.2 cm³/mol. The molecule has 0 amide bonds. The van der Waals surface area contributed by atoms with E-state index in [2.05, 4.69) is 5.32 Å². The van der Waals surface area contributed by atoms with Crippen LogP contribution < -0.4 is 11.1 Å². The molecule has 0 aliphatic carbocycles. The van der Waals surface area contributed by atoms with Crippen molar-refractivity contribution in [2.75, 3.05) is 13.1 Å². The highest BCUT2D eigenvalue weighted by Gasteiger charge is 1.97. The highest BCUT2D eigenvalue weighted by atomic mass is 16.1. The Bertz CT molecular complexity index is 91.1. The van der Waals surface area contributed by atoms with Gasteiger partial charge in [0.05, 0.1) is 13.1 Å². The van der Waals surface area contributed by atoms with Crippen molar-refractivity contribution in [3.8, 4) is 0 Å². The van der Waals surface area contributed by atoms with Crippen LogP contribution in [0, 0.1) is 0 Å². The van der Waals surface area contributed by atoms with E-state index in [1.807, 2.05) is 13.8 Å². The summed E-state index contributed by atoms with van der Waals surface area (Å²) >= 11 is 0. The Hall–Kier alpha value is -0.410. The average molecular weight is 130 g/mol. The van der Waals surface area contributed by atoms with Gasteiger partial charge in [0, 0.05) is 6.04 Å². The summed E-state index contributed by atoms with van der Waals surface area (Å²) in [5, 5.41) is 2.97. The number of ketones is 1. The highest BCUT2D eigenvalue weighted by Crippen LogP contribution is 1.74. The summed E-state index contributed by atoms with van der Waals surface area (Å²) in [4.78, 5) is 10.5. The van der Waals surface area contributed by atoms with Crippen molar-refractivity contribution in [1.82, 2.24) is 5.32 Å². The number of carbonyl (C=O) groups is 1. The third kappa shape index (κ3) is 5.46. The fourth-order valence-corrected chi connectivity index (χ4v) is 0.390. The maximum atomic E-state index is 10.5. The van der Waals surface area contributed by atoms with Crippen molar-refractivity contribution in [2.24, 2.45) is 5.73 Å². The van der Waals surface area contributed by atoms with Gasteiger partial charge in [0.2, 0.25) is 0 Å². The van der Waals surface area contributed by atoms with Crippen molar-refractivity contribution >= 4 is 5.78 Å². The highest BCUT2D eigenvalue weighted by molar-refractivity contribution is 5.82. The first kappa shape index (κ1) is 8.59. The number of rotatable bonds is 4. The quantitative estimate of drug-likeness (QED) is 0.540. The summed E-state index contributed by atoms with van der Waals surface area (Å²) in [6.07, 6.45) is 0. The Morgan fingerprint density at radius 2 is 2.22 bits per heavy atom. The number of nitrogens with two attached hydrogens (primary N) is 1. The molecule has 0 radical (unpaired) electrons. The van der Waals surface area contributed by atoms with Crippen LogP contribution in [0.2, 0.25) is 0 Å². The zero-order chi connectivity index (χ0) is 7.28. The Kier molecular flexibility index (Phi) is 4.26. The molecule has 0 unspecified atom stereocenters. The van der Waals surface area contributed by atoms with Gasteiger partial charge in [-0.3, -0.25) is 4.79 Å². The Labute approximate surface area is 55.6 Å². The van der Waals surface area contributed by atoms with E-state index in [-0.39, 0.29) is 12.3 Å². The molecule has 0 aromatic heterocycles. The van der Waals surface area contributed by atoms with Crippen molar-refractivity contribution in [3.63, 3.8) is 0 Å². The second kappa shape index (κ2) is 4.47. The smallest absolute Gasteiger partial charge is 0.160 e. The molecular weight excluding hydrogens is 116 g/mol. The number of Topliss-reactive ketones (excluding diaryl/α,β-unsaturated/α-hetero) is 1. The zero-order valence-electron chi connectivity index (χ0n) is 5.98.